The second-order valence-electron chi connectivity index (χ2n) is 5.74. The van der Waals surface area contributed by atoms with Gasteiger partial charge in [0.25, 0.3) is 0 Å². The summed E-state index contributed by atoms with van der Waals surface area (Å²) in [5.74, 6) is 0.821. The molecule has 1 fully saturated rings. The molecule has 0 aromatic rings. The fourth-order valence-corrected chi connectivity index (χ4v) is 2.17. The van der Waals surface area contributed by atoms with Crippen LogP contribution in [0.2, 0.25) is 0 Å². The van der Waals surface area contributed by atoms with E-state index in [2.05, 4.69) is 23.9 Å². The average Bonchev–Trinajstić information content (AvgIpc) is 2.47. The van der Waals surface area contributed by atoms with E-state index < -0.39 is 5.60 Å². The summed E-state index contributed by atoms with van der Waals surface area (Å²) in [6.07, 6.45) is 2.18. The molecule has 1 heterocycles. The molecule has 1 rings (SSSR count). The normalized spacial score (nSPS) is 24.0. The van der Waals surface area contributed by atoms with Crippen LogP contribution in [-0.2, 0) is 0 Å². The molecule has 15 heavy (non-hydrogen) atoms. The van der Waals surface area contributed by atoms with Crippen molar-refractivity contribution < 1.29 is 5.11 Å². The molecular formula is C12H26N2O. The van der Waals surface area contributed by atoms with Gasteiger partial charge in [-0.05, 0) is 53.2 Å². The Balaban J connectivity index is 2.16. The van der Waals surface area contributed by atoms with Gasteiger partial charge >= 0.3 is 0 Å². The lowest BCUT2D eigenvalue weighted by atomic mass is 10.0. The average molecular weight is 214 g/mol. The van der Waals surface area contributed by atoms with E-state index in [0.717, 1.165) is 18.9 Å². The van der Waals surface area contributed by atoms with Gasteiger partial charge in [0.15, 0.2) is 0 Å². The number of likely N-dealkylation sites (tertiary alicyclic amines) is 1. The van der Waals surface area contributed by atoms with Crippen LogP contribution >= 0.6 is 0 Å². The van der Waals surface area contributed by atoms with Crippen molar-refractivity contribution in [1.29, 1.82) is 0 Å². The van der Waals surface area contributed by atoms with Gasteiger partial charge < -0.3 is 14.9 Å². The van der Waals surface area contributed by atoms with Crippen LogP contribution in [0, 0.1) is 5.92 Å². The highest BCUT2D eigenvalue weighted by Crippen LogP contribution is 2.16. The Labute approximate surface area is 94.1 Å². The van der Waals surface area contributed by atoms with Gasteiger partial charge in [-0.15, -0.1) is 0 Å². The minimum atomic E-state index is -0.527. The summed E-state index contributed by atoms with van der Waals surface area (Å²) < 4.78 is 0. The van der Waals surface area contributed by atoms with Crippen molar-refractivity contribution in [3.8, 4) is 0 Å². The minimum absolute atomic E-state index is 0.527. The molecule has 1 aliphatic heterocycles. The number of nitrogens with zero attached hydrogens (tertiary/aromatic N) is 2. The maximum Gasteiger partial charge on any atom is 0.0603 e. The van der Waals surface area contributed by atoms with Crippen LogP contribution in [-0.4, -0.2) is 60.8 Å². The van der Waals surface area contributed by atoms with Crippen molar-refractivity contribution in [1.82, 2.24) is 9.80 Å². The van der Waals surface area contributed by atoms with E-state index in [0.29, 0.717) is 0 Å². The molecule has 1 atom stereocenters. The molecule has 0 amide bonds. The van der Waals surface area contributed by atoms with Gasteiger partial charge in [-0.1, -0.05) is 0 Å². The third-order valence-electron chi connectivity index (χ3n) is 3.16. The van der Waals surface area contributed by atoms with Gasteiger partial charge in [0, 0.05) is 19.6 Å². The molecule has 0 radical (unpaired) electrons. The summed E-state index contributed by atoms with van der Waals surface area (Å²) in [6.45, 7) is 8.38. The van der Waals surface area contributed by atoms with Crippen LogP contribution < -0.4 is 0 Å². The van der Waals surface area contributed by atoms with Crippen molar-refractivity contribution in [3.05, 3.63) is 0 Å². The van der Waals surface area contributed by atoms with Gasteiger partial charge in [0.2, 0.25) is 0 Å². The van der Waals surface area contributed by atoms with E-state index in [1.807, 2.05) is 13.8 Å². The third-order valence-corrected chi connectivity index (χ3v) is 3.16. The first-order chi connectivity index (χ1) is 6.87. The van der Waals surface area contributed by atoms with Gasteiger partial charge in [-0.25, -0.2) is 0 Å². The maximum atomic E-state index is 9.63. The fraction of sp³-hybridized carbons (Fsp3) is 1.00. The Morgan fingerprint density at radius 3 is 2.60 bits per heavy atom. The number of hydrogen-bond acceptors (Lipinski definition) is 3. The first kappa shape index (κ1) is 12.9. The zero-order valence-corrected chi connectivity index (χ0v) is 10.7. The van der Waals surface area contributed by atoms with Crippen LogP contribution in [0.3, 0.4) is 0 Å². The molecule has 1 unspecified atom stereocenters. The van der Waals surface area contributed by atoms with E-state index in [-0.39, 0.29) is 0 Å². The van der Waals surface area contributed by atoms with Gasteiger partial charge in [0.1, 0.15) is 0 Å². The first-order valence-corrected chi connectivity index (χ1v) is 5.96. The smallest absolute Gasteiger partial charge is 0.0603 e. The lowest BCUT2D eigenvalue weighted by Gasteiger charge is -2.24. The highest BCUT2D eigenvalue weighted by atomic mass is 16.3. The molecule has 0 spiro atoms. The fourth-order valence-electron chi connectivity index (χ4n) is 2.17. The molecule has 0 bridgehead atoms. The summed E-state index contributed by atoms with van der Waals surface area (Å²) >= 11 is 0. The van der Waals surface area contributed by atoms with Crippen LogP contribution in [0.4, 0.5) is 0 Å². The molecule has 1 saturated heterocycles. The van der Waals surface area contributed by atoms with E-state index >= 15 is 0 Å². The second-order valence-corrected chi connectivity index (χ2v) is 5.74. The molecule has 0 saturated carbocycles. The summed E-state index contributed by atoms with van der Waals surface area (Å²) in [5, 5.41) is 9.63. The Hall–Kier alpha value is -0.120. The highest BCUT2D eigenvalue weighted by Gasteiger charge is 2.21. The maximum absolute atomic E-state index is 9.63. The van der Waals surface area contributed by atoms with E-state index in [1.165, 1.54) is 26.1 Å². The summed E-state index contributed by atoms with van der Waals surface area (Å²) in [6, 6.07) is 0. The monoisotopic (exact) mass is 214 g/mol. The summed E-state index contributed by atoms with van der Waals surface area (Å²) in [4.78, 5) is 4.75. The summed E-state index contributed by atoms with van der Waals surface area (Å²) in [5.41, 5.74) is -0.527. The molecule has 0 aromatic heterocycles. The predicted molar refractivity (Wildman–Crippen MR) is 64.0 cm³/mol. The molecule has 0 aliphatic carbocycles. The topological polar surface area (TPSA) is 26.7 Å². The highest BCUT2D eigenvalue weighted by molar-refractivity contribution is 4.76. The minimum Gasteiger partial charge on any atom is -0.390 e. The number of rotatable bonds is 5. The second kappa shape index (κ2) is 5.28. The predicted octanol–water partition coefficient (Wildman–Crippen LogP) is 1.03. The zero-order chi connectivity index (χ0) is 11.5. The van der Waals surface area contributed by atoms with Gasteiger partial charge in [-0.3, -0.25) is 0 Å². The summed E-state index contributed by atoms with van der Waals surface area (Å²) in [7, 11) is 4.35. The molecule has 0 aromatic carbocycles. The first-order valence-electron chi connectivity index (χ1n) is 5.96. The lowest BCUT2D eigenvalue weighted by molar-refractivity contribution is 0.0592. The van der Waals surface area contributed by atoms with Crippen molar-refractivity contribution in [2.45, 2.75) is 32.3 Å². The molecule has 90 valence electrons. The quantitative estimate of drug-likeness (QED) is 0.740. The van der Waals surface area contributed by atoms with Gasteiger partial charge in [0.05, 0.1) is 5.60 Å². The Bertz CT molecular complexity index is 189. The van der Waals surface area contributed by atoms with E-state index in [9.17, 15) is 5.11 Å². The van der Waals surface area contributed by atoms with Gasteiger partial charge in [-0.2, -0.15) is 0 Å². The molecule has 3 heteroatoms. The molecule has 3 nitrogen and oxygen atoms in total. The number of hydrogen-bond donors (Lipinski definition) is 1. The zero-order valence-electron chi connectivity index (χ0n) is 10.7. The van der Waals surface area contributed by atoms with E-state index in [1.54, 1.807) is 0 Å². The Kier molecular flexibility index (Phi) is 4.56. The molecule has 1 N–H and O–H groups in total. The van der Waals surface area contributed by atoms with Crippen LogP contribution in [0.15, 0.2) is 0 Å². The molecule has 1 aliphatic rings. The van der Waals surface area contributed by atoms with Crippen molar-refractivity contribution in [2.24, 2.45) is 5.92 Å². The SMILES string of the molecule is CN1CCC(CN(C)CCC(C)(C)O)C1. The lowest BCUT2D eigenvalue weighted by Crippen LogP contribution is -2.32. The van der Waals surface area contributed by atoms with Crippen molar-refractivity contribution in [2.75, 3.05) is 40.3 Å². The van der Waals surface area contributed by atoms with Crippen LogP contribution in [0.25, 0.3) is 0 Å². The standard InChI is InChI=1S/C12H26N2O/c1-12(2,15)6-8-14(4)10-11-5-7-13(3)9-11/h11,15H,5-10H2,1-4H3. The number of aliphatic hydroxyl groups is 1. The largest absolute Gasteiger partial charge is 0.390 e. The van der Waals surface area contributed by atoms with Crippen LogP contribution in [0.5, 0.6) is 0 Å². The van der Waals surface area contributed by atoms with Crippen LogP contribution in [0.1, 0.15) is 26.7 Å². The van der Waals surface area contributed by atoms with Crippen molar-refractivity contribution in [3.63, 3.8) is 0 Å². The Morgan fingerprint density at radius 1 is 1.47 bits per heavy atom. The van der Waals surface area contributed by atoms with E-state index in [4.69, 9.17) is 0 Å². The van der Waals surface area contributed by atoms with Crippen molar-refractivity contribution >= 4 is 0 Å². The Morgan fingerprint density at radius 2 is 2.13 bits per heavy atom. The molecular weight excluding hydrogens is 188 g/mol. The third kappa shape index (κ3) is 5.50.